The number of aryl methyl sites for hydroxylation is 2. The molecule has 1 unspecified atom stereocenters. The predicted octanol–water partition coefficient (Wildman–Crippen LogP) is 4.97. The first-order chi connectivity index (χ1) is 16.7. The van der Waals surface area contributed by atoms with E-state index in [9.17, 15) is 9.59 Å². The minimum absolute atomic E-state index is 0.00467. The zero-order valence-corrected chi connectivity index (χ0v) is 21.8. The largest absolute Gasteiger partial charge is 0.341 e. The molecule has 1 aliphatic heterocycles. The number of carbonyl (C=O) groups excluding carboxylic acids is 2. The third kappa shape index (κ3) is 4.87. The molecule has 2 heterocycles. The number of carbonyl (C=O) groups is 2. The van der Waals surface area contributed by atoms with Crippen LogP contribution in [-0.2, 0) is 9.59 Å². The van der Waals surface area contributed by atoms with Crippen molar-refractivity contribution < 1.29 is 9.59 Å². The van der Waals surface area contributed by atoms with Crippen LogP contribution in [0.15, 0.2) is 18.2 Å². The number of likely N-dealkylation sites (tertiary alicyclic amines) is 1. The maximum absolute atomic E-state index is 13.5. The van der Waals surface area contributed by atoms with Crippen LogP contribution in [0.2, 0.25) is 0 Å². The van der Waals surface area contributed by atoms with Gasteiger partial charge in [-0.05, 0) is 69.4 Å². The molecule has 7 nitrogen and oxygen atoms in total. The number of rotatable bonds is 7. The summed E-state index contributed by atoms with van der Waals surface area (Å²) in [5, 5.41) is 12.6. The Labute approximate surface area is 208 Å². The monoisotopic (exact) mass is 477 g/mol. The number of hydrogen-bond acceptors (Lipinski definition) is 4. The van der Waals surface area contributed by atoms with Crippen molar-refractivity contribution in [2.45, 2.75) is 84.6 Å². The summed E-state index contributed by atoms with van der Waals surface area (Å²) in [5.41, 5.74) is 3.04. The molecular weight excluding hydrogens is 438 g/mol. The molecule has 2 saturated carbocycles. The van der Waals surface area contributed by atoms with Crippen LogP contribution in [-0.4, -0.2) is 44.6 Å². The molecule has 3 aliphatic rings. The average Bonchev–Trinajstić information content (AvgIpc) is 3.35. The van der Waals surface area contributed by atoms with Crippen LogP contribution >= 0.6 is 0 Å². The maximum Gasteiger partial charge on any atom is 0.230 e. The smallest absolute Gasteiger partial charge is 0.230 e. The highest BCUT2D eigenvalue weighted by atomic mass is 16.2. The van der Waals surface area contributed by atoms with Gasteiger partial charge in [0.25, 0.3) is 0 Å². The van der Waals surface area contributed by atoms with Crippen molar-refractivity contribution in [1.82, 2.24) is 19.7 Å². The average molecular weight is 478 g/mol. The van der Waals surface area contributed by atoms with E-state index in [2.05, 4.69) is 29.8 Å². The van der Waals surface area contributed by atoms with Crippen LogP contribution in [0.4, 0.5) is 5.69 Å². The first-order valence-corrected chi connectivity index (χ1v) is 13.3. The molecular formula is C28H39N5O2. The molecule has 0 bridgehead atoms. The molecule has 7 heteroatoms. The lowest BCUT2D eigenvalue weighted by atomic mass is 9.71. The molecule has 1 N–H and O–H groups in total. The predicted molar refractivity (Wildman–Crippen MR) is 136 cm³/mol. The summed E-state index contributed by atoms with van der Waals surface area (Å²) in [6.45, 7) is 11.2. The highest BCUT2D eigenvalue weighted by Crippen LogP contribution is 2.48. The number of hydrogen-bond donors (Lipinski definition) is 1. The van der Waals surface area contributed by atoms with Crippen molar-refractivity contribution in [3.05, 3.63) is 41.0 Å². The van der Waals surface area contributed by atoms with Crippen molar-refractivity contribution in [1.29, 1.82) is 0 Å². The van der Waals surface area contributed by atoms with Crippen LogP contribution in [0.1, 0.15) is 93.5 Å². The molecule has 2 aromatic rings. The quantitative estimate of drug-likeness (QED) is 0.611. The fourth-order valence-electron chi connectivity index (χ4n) is 6.13. The first kappa shape index (κ1) is 24.0. The highest BCUT2D eigenvalue weighted by molar-refractivity contribution is 5.94. The Morgan fingerprint density at radius 2 is 1.80 bits per heavy atom. The van der Waals surface area contributed by atoms with E-state index < -0.39 is 0 Å². The number of nitrogens with one attached hydrogen (secondary N) is 1. The summed E-state index contributed by atoms with van der Waals surface area (Å²) in [6.07, 6.45) is 5.93. The van der Waals surface area contributed by atoms with Gasteiger partial charge in [0.2, 0.25) is 11.8 Å². The van der Waals surface area contributed by atoms with E-state index in [-0.39, 0.29) is 23.7 Å². The number of aromatic nitrogens is 3. The second-order valence-corrected chi connectivity index (χ2v) is 11.6. The van der Waals surface area contributed by atoms with Crippen LogP contribution < -0.4 is 5.32 Å². The van der Waals surface area contributed by atoms with Crippen molar-refractivity contribution in [2.24, 2.45) is 17.8 Å². The summed E-state index contributed by atoms with van der Waals surface area (Å²) in [6, 6.07) is 6.49. The SMILES string of the molecule is CC(=O)N1CC(c2nnc(C3CC(CC(C)C)C3)n2C2CC2)[C@H](C(=O)Nc2ccc(C)cc2C)C1. The molecule has 3 fully saturated rings. The van der Waals surface area contributed by atoms with Gasteiger partial charge in [0.15, 0.2) is 0 Å². The summed E-state index contributed by atoms with van der Waals surface area (Å²) in [4.78, 5) is 27.7. The van der Waals surface area contributed by atoms with Crippen LogP contribution in [0.25, 0.3) is 0 Å². The van der Waals surface area contributed by atoms with Crippen LogP contribution in [0.5, 0.6) is 0 Å². The van der Waals surface area contributed by atoms with Gasteiger partial charge in [-0.2, -0.15) is 0 Å². The van der Waals surface area contributed by atoms with Gasteiger partial charge >= 0.3 is 0 Å². The van der Waals surface area contributed by atoms with E-state index >= 15 is 0 Å². The van der Waals surface area contributed by atoms with E-state index in [0.717, 1.165) is 47.6 Å². The van der Waals surface area contributed by atoms with E-state index in [1.165, 1.54) is 24.8 Å². The van der Waals surface area contributed by atoms with Crippen molar-refractivity contribution in [2.75, 3.05) is 18.4 Å². The van der Waals surface area contributed by atoms with Gasteiger partial charge in [0.1, 0.15) is 11.6 Å². The Bertz CT molecular complexity index is 1110. The molecule has 0 radical (unpaired) electrons. The van der Waals surface area contributed by atoms with E-state index in [0.29, 0.717) is 25.0 Å². The van der Waals surface area contributed by atoms with Gasteiger partial charge < -0.3 is 14.8 Å². The molecule has 188 valence electrons. The molecule has 1 aromatic heterocycles. The van der Waals surface area contributed by atoms with E-state index in [4.69, 9.17) is 10.2 Å². The van der Waals surface area contributed by atoms with Crippen LogP contribution in [0.3, 0.4) is 0 Å². The van der Waals surface area contributed by atoms with Gasteiger partial charge in [-0.1, -0.05) is 31.5 Å². The Kier molecular flexibility index (Phi) is 6.45. The summed E-state index contributed by atoms with van der Waals surface area (Å²) < 4.78 is 2.36. The molecule has 35 heavy (non-hydrogen) atoms. The zero-order valence-electron chi connectivity index (χ0n) is 21.8. The number of amides is 2. The van der Waals surface area contributed by atoms with Crippen molar-refractivity contribution in [3.8, 4) is 0 Å². The lowest BCUT2D eigenvalue weighted by Gasteiger charge is -2.36. The zero-order chi connectivity index (χ0) is 24.9. The summed E-state index contributed by atoms with van der Waals surface area (Å²) >= 11 is 0. The third-order valence-electron chi connectivity index (χ3n) is 8.14. The maximum atomic E-state index is 13.5. The minimum Gasteiger partial charge on any atom is -0.341 e. The third-order valence-corrected chi connectivity index (χ3v) is 8.14. The van der Waals surface area contributed by atoms with E-state index in [1.54, 1.807) is 11.8 Å². The molecule has 0 spiro atoms. The molecule has 1 saturated heterocycles. The second-order valence-electron chi connectivity index (χ2n) is 11.6. The van der Waals surface area contributed by atoms with E-state index in [1.807, 2.05) is 26.0 Å². The lowest BCUT2D eigenvalue weighted by Crippen LogP contribution is -2.31. The summed E-state index contributed by atoms with van der Waals surface area (Å²) in [7, 11) is 0. The van der Waals surface area contributed by atoms with Crippen molar-refractivity contribution in [3.63, 3.8) is 0 Å². The van der Waals surface area contributed by atoms with Gasteiger partial charge in [-0.15, -0.1) is 10.2 Å². The minimum atomic E-state index is -0.343. The number of anilines is 1. The normalized spacial score (nSPS) is 26.2. The molecule has 1 aromatic carbocycles. The number of nitrogens with zero attached hydrogens (tertiary/aromatic N) is 4. The molecule has 2 aliphatic carbocycles. The Hall–Kier alpha value is -2.70. The van der Waals surface area contributed by atoms with Crippen molar-refractivity contribution >= 4 is 17.5 Å². The Balaban J connectivity index is 1.40. The second kappa shape index (κ2) is 9.40. The Morgan fingerprint density at radius 1 is 1.09 bits per heavy atom. The Morgan fingerprint density at radius 3 is 2.43 bits per heavy atom. The lowest BCUT2D eigenvalue weighted by molar-refractivity contribution is -0.128. The fourth-order valence-corrected chi connectivity index (χ4v) is 6.13. The van der Waals surface area contributed by atoms with Gasteiger partial charge in [0.05, 0.1) is 11.8 Å². The number of benzene rings is 1. The molecule has 5 rings (SSSR count). The van der Waals surface area contributed by atoms with Gasteiger partial charge in [0, 0.05) is 37.7 Å². The first-order valence-electron chi connectivity index (χ1n) is 13.3. The molecule has 2 atom stereocenters. The molecule has 2 amide bonds. The summed E-state index contributed by atoms with van der Waals surface area (Å²) in [5.74, 6) is 3.46. The standard InChI is InChI=1S/C28H39N5O2/c1-16(2)10-20-12-21(13-20)26-30-31-27(33(26)22-7-8-22)23-14-32(19(5)34)15-24(23)28(35)29-25-9-6-17(3)11-18(25)4/h6,9,11,16,20-24H,7-8,10,12-15H2,1-5H3,(H,29,35)/t20?,21?,23?,24-/m1/s1. The fraction of sp³-hybridized carbons (Fsp3) is 0.643. The topological polar surface area (TPSA) is 80.1 Å². The van der Waals surface area contributed by atoms with Gasteiger partial charge in [-0.25, -0.2) is 0 Å². The highest BCUT2D eigenvalue weighted by Gasteiger charge is 2.45. The van der Waals surface area contributed by atoms with Crippen LogP contribution in [0, 0.1) is 31.6 Å². The van der Waals surface area contributed by atoms with Gasteiger partial charge in [-0.3, -0.25) is 9.59 Å².